The lowest BCUT2D eigenvalue weighted by Gasteiger charge is -2.20. The first-order valence-corrected chi connectivity index (χ1v) is 7.26. The summed E-state index contributed by atoms with van der Waals surface area (Å²) >= 11 is 12.3. The van der Waals surface area contributed by atoms with Gasteiger partial charge < -0.3 is 20.3 Å². The molecule has 2 atom stereocenters. The van der Waals surface area contributed by atoms with E-state index in [0.717, 1.165) is 18.5 Å². The summed E-state index contributed by atoms with van der Waals surface area (Å²) in [5.74, 6) is -4.10. The number of rotatable bonds is 2. The average Bonchev–Trinajstić information content (AvgIpc) is 2.96. The molecule has 126 valence electrons. The van der Waals surface area contributed by atoms with Gasteiger partial charge in [0.1, 0.15) is 0 Å². The molecule has 1 unspecified atom stereocenters. The summed E-state index contributed by atoms with van der Waals surface area (Å²) in [6.07, 6.45) is 0.735. The number of hydrogen-bond donors (Lipinski definition) is 3. The van der Waals surface area contributed by atoms with Crippen LogP contribution < -0.4 is 5.32 Å². The van der Waals surface area contributed by atoms with Gasteiger partial charge in [-0.3, -0.25) is 4.79 Å². The smallest absolute Gasteiger partial charge is 0.414 e. The number of hydrogen-bond acceptors (Lipinski definition) is 5. The monoisotopic (exact) mass is 363 g/mol. The van der Waals surface area contributed by atoms with Crippen LogP contribution >= 0.6 is 23.2 Å². The van der Waals surface area contributed by atoms with Crippen LogP contribution in [-0.2, 0) is 19.1 Å². The highest BCUT2D eigenvalue weighted by atomic mass is 35.5. The summed E-state index contributed by atoms with van der Waals surface area (Å²) < 4.78 is 4.80. The van der Waals surface area contributed by atoms with Crippen molar-refractivity contribution in [2.75, 3.05) is 13.7 Å². The molecule has 1 aromatic carbocycles. The molecule has 2 rings (SSSR count). The second-order valence-electron chi connectivity index (χ2n) is 4.60. The van der Waals surface area contributed by atoms with Crippen molar-refractivity contribution in [3.8, 4) is 0 Å². The Balaban J connectivity index is 0.000000379. The Morgan fingerprint density at radius 2 is 1.70 bits per heavy atom. The van der Waals surface area contributed by atoms with E-state index in [0.29, 0.717) is 10.0 Å². The fraction of sp³-hybridized carbons (Fsp3) is 0.357. The van der Waals surface area contributed by atoms with E-state index >= 15 is 0 Å². The number of nitrogens with one attached hydrogen (secondary N) is 1. The van der Waals surface area contributed by atoms with Crippen molar-refractivity contribution >= 4 is 41.1 Å². The minimum absolute atomic E-state index is 0.163. The quantitative estimate of drug-likeness (QED) is 0.543. The van der Waals surface area contributed by atoms with E-state index in [9.17, 15) is 4.79 Å². The molecule has 1 saturated heterocycles. The Labute approximate surface area is 142 Å². The van der Waals surface area contributed by atoms with Gasteiger partial charge in [0, 0.05) is 21.7 Å². The van der Waals surface area contributed by atoms with Crippen LogP contribution in [0.15, 0.2) is 18.2 Å². The van der Waals surface area contributed by atoms with Gasteiger partial charge >= 0.3 is 17.9 Å². The molecule has 7 nitrogen and oxygen atoms in total. The number of carboxylic acid groups (broad SMARTS) is 2. The van der Waals surface area contributed by atoms with Crippen molar-refractivity contribution in [2.45, 2.75) is 12.5 Å². The van der Waals surface area contributed by atoms with Gasteiger partial charge in [-0.1, -0.05) is 29.3 Å². The van der Waals surface area contributed by atoms with Crippen LogP contribution in [0.5, 0.6) is 0 Å². The Morgan fingerprint density at radius 3 is 2.13 bits per heavy atom. The third-order valence-electron chi connectivity index (χ3n) is 3.22. The van der Waals surface area contributed by atoms with Crippen molar-refractivity contribution in [1.29, 1.82) is 0 Å². The molecule has 0 spiro atoms. The highest BCUT2D eigenvalue weighted by Crippen LogP contribution is 2.38. The molecule has 0 aromatic heterocycles. The first kappa shape index (κ1) is 19.2. The predicted molar refractivity (Wildman–Crippen MR) is 82.6 cm³/mol. The van der Waals surface area contributed by atoms with Gasteiger partial charge in [-0.05, 0) is 25.1 Å². The zero-order valence-electron chi connectivity index (χ0n) is 12.1. The molecule has 23 heavy (non-hydrogen) atoms. The topological polar surface area (TPSA) is 113 Å². The van der Waals surface area contributed by atoms with E-state index in [4.69, 9.17) is 47.7 Å². The van der Waals surface area contributed by atoms with Crippen molar-refractivity contribution in [3.63, 3.8) is 0 Å². The summed E-state index contributed by atoms with van der Waals surface area (Å²) in [6, 6.07) is 5.17. The van der Waals surface area contributed by atoms with E-state index in [1.54, 1.807) is 18.2 Å². The molecule has 0 radical (unpaired) electrons. The van der Waals surface area contributed by atoms with Crippen molar-refractivity contribution in [2.24, 2.45) is 5.92 Å². The van der Waals surface area contributed by atoms with Crippen LogP contribution in [0.4, 0.5) is 0 Å². The highest BCUT2D eigenvalue weighted by molar-refractivity contribution is 6.36. The normalized spacial score (nSPS) is 19.4. The maximum atomic E-state index is 11.7. The molecule has 1 fully saturated rings. The number of carbonyl (C=O) groups excluding carboxylic acids is 1. The number of ether oxygens (including phenoxy) is 1. The van der Waals surface area contributed by atoms with Crippen LogP contribution in [0, 0.1) is 5.92 Å². The van der Waals surface area contributed by atoms with Gasteiger partial charge in [-0.2, -0.15) is 0 Å². The summed E-state index contributed by atoms with van der Waals surface area (Å²) in [5.41, 5.74) is 0.781. The molecule has 9 heteroatoms. The summed E-state index contributed by atoms with van der Waals surface area (Å²) in [5, 5.41) is 19.2. The molecular formula is C14H15Cl2NO6. The van der Waals surface area contributed by atoms with Gasteiger partial charge in [0.05, 0.1) is 13.0 Å². The lowest BCUT2D eigenvalue weighted by atomic mass is 9.94. The molecule has 1 aromatic rings. The molecule has 0 bridgehead atoms. The molecular weight excluding hydrogens is 349 g/mol. The first-order valence-electron chi connectivity index (χ1n) is 6.51. The third-order valence-corrected chi connectivity index (χ3v) is 3.88. The number of carbonyl (C=O) groups is 3. The zero-order chi connectivity index (χ0) is 17.6. The molecule has 0 amide bonds. The van der Waals surface area contributed by atoms with E-state index in [-0.39, 0.29) is 17.9 Å². The molecule has 1 aliphatic rings. The molecule has 3 N–H and O–H groups in total. The van der Waals surface area contributed by atoms with Crippen molar-refractivity contribution < 1.29 is 29.3 Å². The summed E-state index contributed by atoms with van der Waals surface area (Å²) in [4.78, 5) is 29.9. The van der Waals surface area contributed by atoms with Crippen LogP contribution in [0.1, 0.15) is 18.0 Å². The van der Waals surface area contributed by atoms with Crippen LogP contribution in [0.2, 0.25) is 10.0 Å². The van der Waals surface area contributed by atoms with Crippen molar-refractivity contribution in [3.05, 3.63) is 33.8 Å². The highest BCUT2D eigenvalue weighted by Gasteiger charge is 2.36. The minimum atomic E-state index is -1.82. The Kier molecular flexibility index (Phi) is 7.28. The van der Waals surface area contributed by atoms with E-state index < -0.39 is 11.9 Å². The maximum absolute atomic E-state index is 11.7. The van der Waals surface area contributed by atoms with Gasteiger partial charge in [0.15, 0.2) is 0 Å². The molecule has 0 aliphatic carbocycles. The fourth-order valence-corrected chi connectivity index (χ4v) is 2.85. The Morgan fingerprint density at radius 1 is 1.17 bits per heavy atom. The largest absolute Gasteiger partial charge is 0.473 e. The second-order valence-corrected chi connectivity index (χ2v) is 5.41. The minimum Gasteiger partial charge on any atom is -0.473 e. The number of benzene rings is 1. The Hall–Kier alpha value is -1.83. The maximum Gasteiger partial charge on any atom is 0.414 e. The van der Waals surface area contributed by atoms with Crippen LogP contribution in [0.25, 0.3) is 0 Å². The van der Waals surface area contributed by atoms with Gasteiger partial charge in [-0.25, -0.2) is 9.59 Å². The molecule has 0 saturated carbocycles. The predicted octanol–water partition coefficient (Wildman–Crippen LogP) is 1.97. The fourth-order valence-electron chi connectivity index (χ4n) is 2.22. The number of carboxylic acids is 2. The zero-order valence-corrected chi connectivity index (χ0v) is 13.6. The number of halogens is 2. The lowest BCUT2D eigenvalue weighted by molar-refractivity contribution is -0.159. The summed E-state index contributed by atoms with van der Waals surface area (Å²) in [6.45, 7) is 0.756. The van der Waals surface area contributed by atoms with Gasteiger partial charge in [0.2, 0.25) is 0 Å². The third kappa shape index (κ3) is 5.09. The average molecular weight is 364 g/mol. The van der Waals surface area contributed by atoms with Crippen molar-refractivity contribution in [1.82, 2.24) is 5.32 Å². The SMILES string of the molecule is COC(=O)[C@H]1CCNC1c1c(Cl)cccc1Cl.O=C(O)C(=O)O. The molecule has 1 aliphatic heterocycles. The number of methoxy groups -OCH3 is 1. The van der Waals surface area contributed by atoms with E-state index in [1.807, 2.05) is 0 Å². The van der Waals surface area contributed by atoms with E-state index in [2.05, 4.69) is 5.32 Å². The van der Waals surface area contributed by atoms with E-state index in [1.165, 1.54) is 7.11 Å². The number of esters is 1. The van der Waals surface area contributed by atoms with Crippen LogP contribution in [0.3, 0.4) is 0 Å². The molecule has 1 heterocycles. The summed E-state index contributed by atoms with van der Waals surface area (Å²) in [7, 11) is 1.39. The van der Waals surface area contributed by atoms with Gasteiger partial charge in [-0.15, -0.1) is 0 Å². The Bertz CT molecular complexity index is 575. The standard InChI is InChI=1S/C12H13Cl2NO2.C2H2O4/c1-17-12(16)7-5-6-15-11(7)10-8(13)3-2-4-9(10)14;3-1(4)2(5)6/h2-4,7,11,15H,5-6H2,1H3;(H,3,4)(H,5,6)/t7-,11?;/m0./s1. The van der Waals surface area contributed by atoms with Gasteiger partial charge in [0.25, 0.3) is 0 Å². The first-order chi connectivity index (χ1) is 10.8. The lowest BCUT2D eigenvalue weighted by Crippen LogP contribution is -2.25. The number of aliphatic carboxylic acids is 2. The second kappa shape index (κ2) is 8.71. The van der Waals surface area contributed by atoms with Crippen LogP contribution in [-0.4, -0.2) is 41.8 Å².